The van der Waals surface area contributed by atoms with Crippen LogP contribution in [-0.2, 0) is 0 Å². The van der Waals surface area contributed by atoms with Gasteiger partial charge in [0.25, 0.3) is 0 Å². The minimum absolute atomic E-state index is 0.0227. The van der Waals surface area contributed by atoms with Crippen molar-refractivity contribution in [2.75, 3.05) is 36.4 Å². The largest absolute Gasteiger partial charge is 0.363 e. The van der Waals surface area contributed by atoms with Crippen LogP contribution in [-0.4, -0.2) is 37.1 Å². The van der Waals surface area contributed by atoms with Crippen LogP contribution in [0, 0.1) is 11.6 Å². The number of anilines is 2. The Kier molecular flexibility index (Phi) is 4.99. The number of carbonyl (C=O) groups excluding carboxylic acids is 1. The maximum atomic E-state index is 13.8. The Bertz CT molecular complexity index is 711. The Morgan fingerprint density at radius 3 is 2.12 bits per heavy atom. The number of carbonyl (C=O) groups is 1. The minimum atomic E-state index is -0.581. The molecule has 0 radical (unpaired) electrons. The summed E-state index contributed by atoms with van der Waals surface area (Å²) >= 11 is 3.34. The molecule has 0 bridgehead atoms. The van der Waals surface area contributed by atoms with Gasteiger partial charge in [-0.25, -0.2) is 13.6 Å². The van der Waals surface area contributed by atoms with Crippen LogP contribution in [0.4, 0.5) is 25.0 Å². The molecule has 0 aliphatic carbocycles. The molecule has 7 heteroatoms. The van der Waals surface area contributed by atoms with E-state index in [9.17, 15) is 13.6 Å². The molecule has 2 aromatic carbocycles. The van der Waals surface area contributed by atoms with E-state index in [-0.39, 0.29) is 11.7 Å². The number of nitrogens with zero attached hydrogens (tertiary/aromatic N) is 2. The second kappa shape index (κ2) is 7.17. The summed E-state index contributed by atoms with van der Waals surface area (Å²) in [4.78, 5) is 15.5. The SMILES string of the molecule is O=C(Nc1ccc(Br)cc1)N1CCN(c2c(F)cccc2F)CC1. The third kappa shape index (κ3) is 3.67. The average molecular weight is 396 g/mol. The van der Waals surface area contributed by atoms with E-state index >= 15 is 0 Å². The molecular weight excluding hydrogens is 380 g/mol. The van der Waals surface area contributed by atoms with Crippen LogP contribution >= 0.6 is 15.9 Å². The van der Waals surface area contributed by atoms with Crippen LogP contribution in [0.2, 0.25) is 0 Å². The first-order valence-electron chi connectivity index (χ1n) is 7.55. The fourth-order valence-corrected chi connectivity index (χ4v) is 2.92. The standard InChI is InChI=1S/C17H16BrF2N3O/c18-12-4-6-13(7-5-12)21-17(24)23-10-8-22(9-11-23)16-14(19)2-1-3-15(16)20/h1-7H,8-11H2,(H,21,24). The Morgan fingerprint density at radius 2 is 1.54 bits per heavy atom. The van der Waals surface area contributed by atoms with Crippen LogP contribution < -0.4 is 10.2 Å². The molecule has 0 aromatic heterocycles. The molecule has 0 atom stereocenters. The summed E-state index contributed by atoms with van der Waals surface area (Å²) in [5.41, 5.74) is 0.677. The van der Waals surface area contributed by atoms with Crippen LogP contribution in [0.1, 0.15) is 0 Å². The highest BCUT2D eigenvalue weighted by molar-refractivity contribution is 9.10. The first-order chi connectivity index (χ1) is 11.5. The van der Waals surface area contributed by atoms with E-state index < -0.39 is 11.6 Å². The predicted molar refractivity (Wildman–Crippen MR) is 93.3 cm³/mol. The second-order valence-electron chi connectivity index (χ2n) is 5.48. The molecule has 2 aromatic rings. The van der Waals surface area contributed by atoms with Gasteiger partial charge in [-0.3, -0.25) is 0 Å². The third-order valence-corrected chi connectivity index (χ3v) is 4.44. The van der Waals surface area contributed by atoms with Crippen molar-refractivity contribution in [2.45, 2.75) is 0 Å². The van der Waals surface area contributed by atoms with Gasteiger partial charge in [0.15, 0.2) is 0 Å². The molecule has 0 unspecified atom stereocenters. The number of hydrogen-bond acceptors (Lipinski definition) is 2. The van der Waals surface area contributed by atoms with Gasteiger partial charge in [0.05, 0.1) is 0 Å². The number of halogens is 3. The summed E-state index contributed by atoms with van der Waals surface area (Å²) in [6.45, 7) is 1.56. The maximum absolute atomic E-state index is 13.8. The normalized spacial score (nSPS) is 14.6. The van der Waals surface area contributed by atoms with Crippen molar-refractivity contribution in [3.05, 3.63) is 58.6 Å². The van der Waals surface area contributed by atoms with Crippen molar-refractivity contribution in [3.8, 4) is 0 Å². The van der Waals surface area contributed by atoms with Crippen LogP contribution in [0.25, 0.3) is 0 Å². The number of urea groups is 1. The van der Waals surface area contributed by atoms with E-state index in [4.69, 9.17) is 0 Å². The molecule has 3 rings (SSSR count). The number of para-hydroxylation sites is 1. The van der Waals surface area contributed by atoms with E-state index in [2.05, 4.69) is 21.2 Å². The highest BCUT2D eigenvalue weighted by Crippen LogP contribution is 2.24. The smallest absolute Gasteiger partial charge is 0.321 e. The number of nitrogens with one attached hydrogen (secondary N) is 1. The Labute approximate surface area is 147 Å². The Morgan fingerprint density at radius 1 is 0.958 bits per heavy atom. The lowest BCUT2D eigenvalue weighted by molar-refractivity contribution is 0.208. The van der Waals surface area contributed by atoms with E-state index in [1.807, 2.05) is 12.1 Å². The molecule has 2 amide bonds. The zero-order valence-corrected chi connectivity index (χ0v) is 14.4. The van der Waals surface area contributed by atoms with Crippen molar-refractivity contribution in [3.63, 3.8) is 0 Å². The highest BCUT2D eigenvalue weighted by atomic mass is 79.9. The van der Waals surface area contributed by atoms with Gasteiger partial charge < -0.3 is 15.1 Å². The summed E-state index contributed by atoms with van der Waals surface area (Å²) in [6.07, 6.45) is 0. The number of hydrogen-bond donors (Lipinski definition) is 1. The molecule has 24 heavy (non-hydrogen) atoms. The predicted octanol–water partition coefficient (Wildman–Crippen LogP) is 4.08. The van der Waals surface area contributed by atoms with Gasteiger partial charge >= 0.3 is 6.03 Å². The number of piperazine rings is 1. The fourth-order valence-electron chi connectivity index (χ4n) is 2.66. The third-order valence-electron chi connectivity index (χ3n) is 3.92. The fraction of sp³-hybridized carbons (Fsp3) is 0.235. The molecule has 1 heterocycles. The van der Waals surface area contributed by atoms with Gasteiger partial charge in [-0.05, 0) is 36.4 Å². The summed E-state index contributed by atoms with van der Waals surface area (Å²) in [5.74, 6) is -1.16. The zero-order valence-electron chi connectivity index (χ0n) is 12.8. The van der Waals surface area contributed by atoms with E-state index in [0.717, 1.165) is 4.47 Å². The van der Waals surface area contributed by atoms with E-state index in [1.165, 1.54) is 18.2 Å². The van der Waals surface area contributed by atoms with E-state index in [0.29, 0.717) is 31.9 Å². The van der Waals surface area contributed by atoms with Crippen LogP contribution in [0.5, 0.6) is 0 Å². The molecule has 1 fully saturated rings. The lowest BCUT2D eigenvalue weighted by Crippen LogP contribution is -2.50. The van der Waals surface area contributed by atoms with Crippen molar-refractivity contribution >= 4 is 33.3 Å². The number of rotatable bonds is 2. The zero-order chi connectivity index (χ0) is 17.1. The van der Waals surface area contributed by atoms with Crippen molar-refractivity contribution in [1.29, 1.82) is 0 Å². The number of benzene rings is 2. The van der Waals surface area contributed by atoms with Gasteiger partial charge in [0.2, 0.25) is 0 Å². The van der Waals surface area contributed by atoms with Gasteiger partial charge in [0, 0.05) is 36.3 Å². The first kappa shape index (κ1) is 16.7. The Hall–Kier alpha value is -2.15. The van der Waals surface area contributed by atoms with Crippen molar-refractivity contribution < 1.29 is 13.6 Å². The van der Waals surface area contributed by atoms with Gasteiger partial charge in [-0.2, -0.15) is 0 Å². The minimum Gasteiger partial charge on any atom is -0.363 e. The Balaban J connectivity index is 1.60. The monoisotopic (exact) mass is 395 g/mol. The average Bonchev–Trinajstić information content (AvgIpc) is 2.57. The molecule has 0 saturated carbocycles. The van der Waals surface area contributed by atoms with Crippen LogP contribution in [0.15, 0.2) is 46.9 Å². The molecular formula is C17H16BrF2N3O. The van der Waals surface area contributed by atoms with Crippen molar-refractivity contribution in [1.82, 2.24) is 4.90 Å². The summed E-state index contributed by atoms with van der Waals surface area (Å²) in [7, 11) is 0. The lowest BCUT2D eigenvalue weighted by atomic mass is 10.2. The summed E-state index contributed by atoms with van der Waals surface area (Å²) in [5, 5.41) is 2.82. The molecule has 126 valence electrons. The number of amides is 2. The topological polar surface area (TPSA) is 35.6 Å². The van der Waals surface area contributed by atoms with Gasteiger partial charge in [-0.1, -0.05) is 22.0 Å². The van der Waals surface area contributed by atoms with Crippen LogP contribution in [0.3, 0.4) is 0 Å². The summed E-state index contributed by atoms with van der Waals surface area (Å²) in [6, 6.07) is 10.9. The molecule has 1 N–H and O–H groups in total. The maximum Gasteiger partial charge on any atom is 0.321 e. The van der Waals surface area contributed by atoms with Gasteiger partial charge in [-0.15, -0.1) is 0 Å². The molecule has 1 aliphatic rings. The van der Waals surface area contributed by atoms with E-state index in [1.54, 1.807) is 21.9 Å². The molecule has 0 spiro atoms. The quantitative estimate of drug-likeness (QED) is 0.831. The van der Waals surface area contributed by atoms with Gasteiger partial charge in [0.1, 0.15) is 17.3 Å². The molecule has 4 nitrogen and oxygen atoms in total. The molecule has 1 saturated heterocycles. The highest BCUT2D eigenvalue weighted by Gasteiger charge is 2.24. The molecule has 1 aliphatic heterocycles. The second-order valence-corrected chi connectivity index (χ2v) is 6.40. The van der Waals surface area contributed by atoms with Crippen molar-refractivity contribution in [2.24, 2.45) is 0 Å². The lowest BCUT2D eigenvalue weighted by Gasteiger charge is -2.36. The first-order valence-corrected chi connectivity index (χ1v) is 8.34. The summed E-state index contributed by atoms with van der Waals surface area (Å²) < 4.78 is 28.6.